The summed E-state index contributed by atoms with van der Waals surface area (Å²) < 4.78 is 13.1. The van der Waals surface area contributed by atoms with Crippen molar-refractivity contribution in [3.8, 4) is 0 Å². The maximum absolute atomic E-state index is 13.1. The van der Waals surface area contributed by atoms with Crippen LogP contribution in [0.15, 0.2) is 48.5 Å². The molecule has 0 saturated heterocycles. The van der Waals surface area contributed by atoms with E-state index < -0.39 is 0 Å². The minimum Gasteiger partial charge on any atom is -0.349 e. The molecule has 0 bridgehead atoms. The molecule has 1 aliphatic carbocycles. The number of anilines is 1. The fourth-order valence-electron chi connectivity index (χ4n) is 2.41. The third-order valence-electron chi connectivity index (χ3n) is 3.85. The van der Waals surface area contributed by atoms with E-state index in [4.69, 9.17) is 0 Å². The second-order valence-corrected chi connectivity index (χ2v) is 6.01. The lowest BCUT2D eigenvalue weighted by Gasteiger charge is -2.08. The van der Waals surface area contributed by atoms with Crippen LogP contribution in [0.4, 0.5) is 10.1 Å². The minimum atomic E-state index is -0.303. The van der Waals surface area contributed by atoms with Crippen LogP contribution in [0, 0.1) is 5.82 Å². The molecule has 1 saturated carbocycles. The van der Waals surface area contributed by atoms with Gasteiger partial charge in [-0.1, -0.05) is 18.2 Å². The average Bonchev–Trinajstić information content (AvgIpc) is 3.37. The molecule has 1 fully saturated rings. The van der Waals surface area contributed by atoms with Crippen LogP contribution < -0.4 is 10.6 Å². The minimum absolute atomic E-state index is 0.117. The first-order valence-corrected chi connectivity index (χ1v) is 8.05. The topological polar surface area (TPSA) is 58.2 Å². The first kappa shape index (κ1) is 16.2. The van der Waals surface area contributed by atoms with E-state index in [0.717, 1.165) is 18.4 Å². The highest BCUT2D eigenvalue weighted by Gasteiger charge is 2.23. The van der Waals surface area contributed by atoms with Gasteiger partial charge in [0.15, 0.2) is 0 Å². The second-order valence-electron chi connectivity index (χ2n) is 6.01. The fourth-order valence-corrected chi connectivity index (χ4v) is 2.41. The SMILES string of the molecule is O=C(CCc1cccc(F)c1)Nc1cccc(C(=O)NC2CC2)c1. The Morgan fingerprint density at radius 3 is 2.62 bits per heavy atom. The van der Waals surface area contributed by atoms with Gasteiger partial charge < -0.3 is 10.6 Å². The summed E-state index contributed by atoms with van der Waals surface area (Å²) in [6, 6.07) is 13.4. The Morgan fingerprint density at radius 2 is 1.88 bits per heavy atom. The van der Waals surface area contributed by atoms with Crippen molar-refractivity contribution in [1.82, 2.24) is 5.32 Å². The Bertz CT molecular complexity index is 757. The number of amides is 2. The maximum atomic E-state index is 13.1. The van der Waals surface area contributed by atoms with E-state index in [0.29, 0.717) is 23.7 Å². The number of hydrogen-bond acceptors (Lipinski definition) is 2. The van der Waals surface area contributed by atoms with Gasteiger partial charge in [-0.3, -0.25) is 9.59 Å². The van der Waals surface area contributed by atoms with Gasteiger partial charge in [0.05, 0.1) is 0 Å². The maximum Gasteiger partial charge on any atom is 0.251 e. The Kier molecular flexibility index (Phi) is 4.89. The van der Waals surface area contributed by atoms with Gasteiger partial charge in [-0.25, -0.2) is 4.39 Å². The van der Waals surface area contributed by atoms with Gasteiger partial charge in [-0.2, -0.15) is 0 Å². The summed E-state index contributed by atoms with van der Waals surface area (Å²) in [4.78, 5) is 24.1. The molecular weight excluding hydrogens is 307 g/mol. The molecule has 124 valence electrons. The highest BCUT2D eigenvalue weighted by atomic mass is 19.1. The highest BCUT2D eigenvalue weighted by molar-refractivity contribution is 5.97. The number of halogens is 1. The smallest absolute Gasteiger partial charge is 0.251 e. The lowest BCUT2D eigenvalue weighted by atomic mass is 10.1. The van der Waals surface area contributed by atoms with E-state index in [9.17, 15) is 14.0 Å². The second kappa shape index (κ2) is 7.25. The molecular formula is C19H19FN2O2. The summed E-state index contributed by atoms with van der Waals surface area (Å²) in [5.74, 6) is -0.588. The lowest BCUT2D eigenvalue weighted by molar-refractivity contribution is -0.116. The van der Waals surface area contributed by atoms with Crippen molar-refractivity contribution >= 4 is 17.5 Å². The van der Waals surface area contributed by atoms with Crippen LogP contribution in [0.1, 0.15) is 35.2 Å². The van der Waals surface area contributed by atoms with E-state index in [1.54, 1.807) is 36.4 Å². The number of nitrogens with one attached hydrogen (secondary N) is 2. The molecule has 0 radical (unpaired) electrons. The van der Waals surface area contributed by atoms with Crippen molar-refractivity contribution < 1.29 is 14.0 Å². The molecule has 2 aromatic carbocycles. The van der Waals surface area contributed by atoms with Crippen molar-refractivity contribution in [3.63, 3.8) is 0 Å². The van der Waals surface area contributed by atoms with Gasteiger partial charge in [-0.15, -0.1) is 0 Å². The predicted octanol–water partition coefficient (Wildman–Crippen LogP) is 3.29. The number of aryl methyl sites for hydroxylation is 1. The molecule has 2 N–H and O–H groups in total. The third-order valence-corrected chi connectivity index (χ3v) is 3.85. The molecule has 0 unspecified atom stereocenters. The molecule has 2 aromatic rings. The fraction of sp³-hybridized carbons (Fsp3) is 0.263. The molecule has 24 heavy (non-hydrogen) atoms. The van der Waals surface area contributed by atoms with Crippen molar-refractivity contribution in [2.45, 2.75) is 31.7 Å². The van der Waals surface area contributed by atoms with Crippen LogP contribution in [0.25, 0.3) is 0 Å². The summed E-state index contributed by atoms with van der Waals surface area (Å²) in [5.41, 5.74) is 1.90. The molecule has 2 amide bonds. The van der Waals surface area contributed by atoms with E-state index in [1.807, 2.05) is 0 Å². The van der Waals surface area contributed by atoms with Crippen LogP contribution in [0.5, 0.6) is 0 Å². The number of hydrogen-bond donors (Lipinski definition) is 2. The van der Waals surface area contributed by atoms with E-state index in [2.05, 4.69) is 10.6 Å². The van der Waals surface area contributed by atoms with Crippen LogP contribution >= 0.6 is 0 Å². The van der Waals surface area contributed by atoms with E-state index in [1.165, 1.54) is 12.1 Å². The molecule has 0 heterocycles. The third kappa shape index (κ3) is 4.65. The number of carbonyl (C=O) groups is 2. The van der Waals surface area contributed by atoms with Crippen LogP contribution in [-0.4, -0.2) is 17.9 Å². The van der Waals surface area contributed by atoms with E-state index >= 15 is 0 Å². The van der Waals surface area contributed by atoms with Crippen molar-refractivity contribution in [3.05, 3.63) is 65.5 Å². The molecule has 5 heteroatoms. The molecule has 3 rings (SSSR count). The number of rotatable bonds is 6. The van der Waals surface area contributed by atoms with Gasteiger partial charge >= 0.3 is 0 Å². The zero-order valence-electron chi connectivity index (χ0n) is 13.2. The zero-order valence-corrected chi connectivity index (χ0v) is 13.2. The van der Waals surface area contributed by atoms with Crippen LogP contribution in [-0.2, 0) is 11.2 Å². The molecule has 0 atom stereocenters. The molecule has 4 nitrogen and oxygen atoms in total. The van der Waals surface area contributed by atoms with Gasteiger partial charge in [0, 0.05) is 23.7 Å². The average molecular weight is 326 g/mol. The summed E-state index contributed by atoms with van der Waals surface area (Å²) in [6.45, 7) is 0. The number of carbonyl (C=O) groups excluding carboxylic acids is 2. The molecule has 0 aliphatic heterocycles. The van der Waals surface area contributed by atoms with Gasteiger partial charge in [0.2, 0.25) is 5.91 Å². The standard InChI is InChI=1S/C19H19FN2O2/c20-15-5-1-3-13(11-15)7-10-18(23)21-17-6-2-4-14(12-17)19(24)22-16-8-9-16/h1-6,11-12,16H,7-10H2,(H,21,23)(H,22,24). The molecule has 0 aromatic heterocycles. The largest absolute Gasteiger partial charge is 0.349 e. The van der Waals surface area contributed by atoms with Crippen LogP contribution in [0.3, 0.4) is 0 Å². The summed E-state index contributed by atoms with van der Waals surface area (Å²) in [7, 11) is 0. The molecule has 0 spiro atoms. The van der Waals surface area contributed by atoms with Crippen molar-refractivity contribution in [1.29, 1.82) is 0 Å². The zero-order chi connectivity index (χ0) is 16.9. The van der Waals surface area contributed by atoms with Crippen LogP contribution in [0.2, 0.25) is 0 Å². The number of benzene rings is 2. The summed E-state index contributed by atoms with van der Waals surface area (Å²) in [6.07, 6.45) is 2.78. The normalized spacial score (nSPS) is 13.4. The Morgan fingerprint density at radius 1 is 1.08 bits per heavy atom. The Balaban J connectivity index is 1.54. The van der Waals surface area contributed by atoms with Crippen molar-refractivity contribution in [2.75, 3.05) is 5.32 Å². The first-order valence-electron chi connectivity index (χ1n) is 8.05. The lowest BCUT2D eigenvalue weighted by Crippen LogP contribution is -2.25. The predicted molar refractivity (Wildman–Crippen MR) is 90.3 cm³/mol. The summed E-state index contributed by atoms with van der Waals surface area (Å²) in [5, 5.41) is 5.69. The van der Waals surface area contributed by atoms with Gasteiger partial charge in [-0.05, 0) is 55.2 Å². The van der Waals surface area contributed by atoms with Crippen molar-refractivity contribution in [2.24, 2.45) is 0 Å². The summed E-state index contributed by atoms with van der Waals surface area (Å²) >= 11 is 0. The Labute approximate surface area is 140 Å². The quantitative estimate of drug-likeness (QED) is 0.856. The Hall–Kier alpha value is -2.69. The monoisotopic (exact) mass is 326 g/mol. The van der Waals surface area contributed by atoms with Gasteiger partial charge in [0.1, 0.15) is 5.82 Å². The highest BCUT2D eigenvalue weighted by Crippen LogP contribution is 2.20. The first-order chi connectivity index (χ1) is 11.6. The van der Waals surface area contributed by atoms with E-state index in [-0.39, 0.29) is 24.1 Å². The molecule has 1 aliphatic rings. The van der Waals surface area contributed by atoms with Gasteiger partial charge in [0.25, 0.3) is 5.91 Å².